The Balaban J connectivity index is 1.76. The maximum absolute atomic E-state index is 12.0. The predicted molar refractivity (Wildman–Crippen MR) is 89.0 cm³/mol. The van der Waals surface area contributed by atoms with Crippen LogP contribution >= 0.6 is 11.3 Å². The van der Waals surface area contributed by atoms with Gasteiger partial charge in [-0.3, -0.25) is 9.48 Å². The van der Waals surface area contributed by atoms with Crippen molar-refractivity contribution in [3.63, 3.8) is 0 Å². The summed E-state index contributed by atoms with van der Waals surface area (Å²) in [6.07, 6.45) is 4.90. The van der Waals surface area contributed by atoms with Crippen LogP contribution in [0.4, 0.5) is 0 Å². The molecule has 22 heavy (non-hydrogen) atoms. The van der Waals surface area contributed by atoms with E-state index in [0.717, 1.165) is 30.0 Å². The van der Waals surface area contributed by atoms with E-state index in [4.69, 9.17) is 0 Å². The minimum Gasteiger partial charge on any atom is -0.353 e. The molecule has 0 saturated carbocycles. The number of rotatable bonds is 7. The molecule has 2 rings (SSSR count). The highest BCUT2D eigenvalue weighted by molar-refractivity contribution is 7.09. The Morgan fingerprint density at radius 1 is 1.45 bits per heavy atom. The number of thiazole rings is 1. The average Bonchev–Trinajstić information content (AvgIpc) is 3.03. The molecule has 0 aliphatic carbocycles. The molecule has 0 radical (unpaired) electrons. The first-order chi connectivity index (χ1) is 10.5. The van der Waals surface area contributed by atoms with Crippen LogP contribution in [0.5, 0.6) is 0 Å². The summed E-state index contributed by atoms with van der Waals surface area (Å²) in [7, 11) is 1.95. The monoisotopic (exact) mass is 320 g/mol. The highest BCUT2D eigenvalue weighted by Gasteiger charge is 2.14. The second-order valence-corrected chi connectivity index (χ2v) is 6.70. The van der Waals surface area contributed by atoms with Gasteiger partial charge in [0.1, 0.15) is 0 Å². The standard InChI is InChI=1S/C16H24N4OS/c1-11(10-14-12(2)19-20(4)13(14)3)18-15(21)6-5-7-16-17-8-9-22-16/h8-9,11H,5-7,10H2,1-4H3,(H,18,21)/t11-/m1/s1. The molecule has 2 aromatic rings. The summed E-state index contributed by atoms with van der Waals surface area (Å²) in [5, 5.41) is 10.6. The van der Waals surface area contributed by atoms with Gasteiger partial charge in [-0.15, -0.1) is 11.3 Å². The van der Waals surface area contributed by atoms with Gasteiger partial charge in [0, 0.05) is 36.8 Å². The van der Waals surface area contributed by atoms with Crippen molar-refractivity contribution in [1.29, 1.82) is 0 Å². The van der Waals surface area contributed by atoms with Gasteiger partial charge in [-0.25, -0.2) is 4.98 Å². The third-order valence-electron chi connectivity index (χ3n) is 3.85. The first-order valence-corrected chi connectivity index (χ1v) is 8.52. The van der Waals surface area contributed by atoms with E-state index >= 15 is 0 Å². The number of hydrogen-bond acceptors (Lipinski definition) is 4. The fourth-order valence-electron chi connectivity index (χ4n) is 2.59. The van der Waals surface area contributed by atoms with Crippen molar-refractivity contribution in [1.82, 2.24) is 20.1 Å². The predicted octanol–water partition coefficient (Wildman–Crippen LogP) is 2.56. The fraction of sp³-hybridized carbons (Fsp3) is 0.562. The fourth-order valence-corrected chi connectivity index (χ4v) is 3.26. The van der Waals surface area contributed by atoms with E-state index in [9.17, 15) is 4.79 Å². The SMILES string of the molecule is Cc1nn(C)c(C)c1C[C@@H](C)NC(=O)CCCc1nccs1. The van der Waals surface area contributed by atoms with Gasteiger partial charge < -0.3 is 5.32 Å². The van der Waals surface area contributed by atoms with Gasteiger partial charge in [0.15, 0.2) is 0 Å². The van der Waals surface area contributed by atoms with Crippen molar-refractivity contribution >= 4 is 17.2 Å². The van der Waals surface area contributed by atoms with Crippen molar-refractivity contribution in [3.8, 4) is 0 Å². The number of nitrogens with zero attached hydrogens (tertiary/aromatic N) is 3. The Hall–Kier alpha value is -1.69. The third kappa shape index (κ3) is 4.40. The first kappa shape index (κ1) is 16.7. The van der Waals surface area contributed by atoms with Crippen LogP contribution in [0.1, 0.15) is 41.7 Å². The van der Waals surface area contributed by atoms with Gasteiger partial charge in [-0.05, 0) is 45.6 Å². The zero-order chi connectivity index (χ0) is 16.1. The quantitative estimate of drug-likeness (QED) is 0.853. The Morgan fingerprint density at radius 3 is 2.82 bits per heavy atom. The topological polar surface area (TPSA) is 59.8 Å². The van der Waals surface area contributed by atoms with E-state index in [-0.39, 0.29) is 11.9 Å². The number of aryl methyl sites for hydroxylation is 3. The zero-order valence-electron chi connectivity index (χ0n) is 13.7. The molecular formula is C16H24N4OS. The summed E-state index contributed by atoms with van der Waals surface area (Å²) in [5.74, 6) is 0.114. The van der Waals surface area contributed by atoms with Crippen LogP contribution in [0.15, 0.2) is 11.6 Å². The van der Waals surface area contributed by atoms with E-state index in [0.29, 0.717) is 6.42 Å². The van der Waals surface area contributed by atoms with E-state index in [2.05, 4.69) is 22.3 Å². The number of nitrogens with one attached hydrogen (secondary N) is 1. The van der Waals surface area contributed by atoms with Crippen molar-refractivity contribution in [3.05, 3.63) is 33.5 Å². The van der Waals surface area contributed by atoms with Crippen LogP contribution in [0.25, 0.3) is 0 Å². The molecule has 2 heterocycles. The zero-order valence-corrected chi connectivity index (χ0v) is 14.5. The molecule has 0 aromatic carbocycles. The van der Waals surface area contributed by atoms with E-state index in [1.165, 1.54) is 11.3 Å². The lowest BCUT2D eigenvalue weighted by molar-refractivity contribution is -0.121. The number of hydrogen-bond donors (Lipinski definition) is 1. The molecule has 1 atom stereocenters. The second-order valence-electron chi connectivity index (χ2n) is 5.73. The normalized spacial score (nSPS) is 12.4. The lowest BCUT2D eigenvalue weighted by Crippen LogP contribution is -2.34. The van der Waals surface area contributed by atoms with Crippen molar-refractivity contribution < 1.29 is 4.79 Å². The number of carbonyl (C=O) groups is 1. The minimum absolute atomic E-state index is 0.114. The third-order valence-corrected chi connectivity index (χ3v) is 4.69. The smallest absolute Gasteiger partial charge is 0.220 e. The summed E-state index contributed by atoms with van der Waals surface area (Å²) >= 11 is 1.64. The Kier molecular flexibility index (Phi) is 5.71. The highest BCUT2D eigenvalue weighted by Crippen LogP contribution is 2.14. The molecule has 6 heteroatoms. The van der Waals surface area contributed by atoms with Crippen molar-refractivity contribution in [2.75, 3.05) is 0 Å². The molecule has 5 nitrogen and oxygen atoms in total. The Labute approximate surface area is 135 Å². The second kappa shape index (κ2) is 7.54. The van der Waals surface area contributed by atoms with Crippen LogP contribution in [0, 0.1) is 13.8 Å². The molecule has 0 spiro atoms. The number of carbonyl (C=O) groups excluding carboxylic acids is 1. The van der Waals surface area contributed by atoms with Gasteiger partial charge in [-0.2, -0.15) is 5.10 Å². The molecule has 0 unspecified atom stereocenters. The van der Waals surface area contributed by atoms with Gasteiger partial charge in [0.25, 0.3) is 0 Å². The van der Waals surface area contributed by atoms with E-state index in [1.54, 1.807) is 17.5 Å². The molecular weight excluding hydrogens is 296 g/mol. The maximum atomic E-state index is 12.0. The van der Waals surface area contributed by atoms with Crippen LogP contribution in [0.2, 0.25) is 0 Å². The number of amides is 1. The maximum Gasteiger partial charge on any atom is 0.220 e. The van der Waals surface area contributed by atoms with E-state index in [1.807, 2.05) is 31.0 Å². The lowest BCUT2D eigenvalue weighted by Gasteiger charge is -2.14. The Morgan fingerprint density at radius 2 is 2.23 bits per heavy atom. The molecule has 0 bridgehead atoms. The molecule has 0 fully saturated rings. The first-order valence-electron chi connectivity index (χ1n) is 7.64. The van der Waals surface area contributed by atoms with Gasteiger partial charge in [-0.1, -0.05) is 0 Å². The Bertz CT molecular complexity index is 618. The molecule has 1 amide bonds. The number of aromatic nitrogens is 3. The summed E-state index contributed by atoms with van der Waals surface area (Å²) in [5.41, 5.74) is 3.45. The van der Waals surface area contributed by atoms with Crippen LogP contribution in [0.3, 0.4) is 0 Å². The summed E-state index contributed by atoms with van der Waals surface area (Å²) in [4.78, 5) is 16.2. The lowest BCUT2D eigenvalue weighted by atomic mass is 10.1. The summed E-state index contributed by atoms with van der Waals surface area (Å²) in [6, 6.07) is 0.119. The van der Waals surface area contributed by atoms with Crippen molar-refractivity contribution in [2.45, 2.75) is 52.5 Å². The van der Waals surface area contributed by atoms with Crippen molar-refractivity contribution in [2.24, 2.45) is 7.05 Å². The molecule has 0 aliphatic rings. The summed E-state index contributed by atoms with van der Waals surface area (Å²) < 4.78 is 1.90. The molecule has 0 saturated heterocycles. The van der Waals surface area contributed by atoms with Gasteiger partial charge in [0.05, 0.1) is 10.7 Å². The molecule has 2 aromatic heterocycles. The largest absolute Gasteiger partial charge is 0.353 e. The minimum atomic E-state index is 0.114. The van der Waals surface area contributed by atoms with E-state index < -0.39 is 0 Å². The average molecular weight is 320 g/mol. The van der Waals surface area contributed by atoms with Crippen LogP contribution in [-0.4, -0.2) is 26.7 Å². The molecule has 1 N–H and O–H groups in total. The van der Waals surface area contributed by atoms with Gasteiger partial charge in [0.2, 0.25) is 5.91 Å². The molecule has 0 aliphatic heterocycles. The van der Waals surface area contributed by atoms with Crippen LogP contribution < -0.4 is 5.32 Å². The van der Waals surface area contributed by atoms with Gasteiger partial charge >= 0.3 is 0 Å². The highest BCUT2D eigenvalue weighted by atomic mass is 32.1. The molecule has 120 valence electrons. The van der Waals surface area contributed by atoms with Crippen LogP contribution in [-0.2, 0) is 24.7 Å². The summed E-state index contributed by atoms with van der Waals surface area (Å²) in [6.45, 7) is 6.13.